The zero-order valence-corrected chi connectivity index (χ0v) is 8.93. The lowest BCUT2D eigenvalue weighted by molar-refractivity contribution is 0.293. The molecule has 6 nitrogen and oxygen atoms in total. The van der Waals surface area contributed by atoms with Crippen LogP contribution in [0.25, 0.3) is 11.5 Å². The van der Waals surface area contributed by atoms with Crippen molar-refractivity contribution in [1.82, 2.24) is 10.2 Å². The predicted molar refractivity (Wildman–Crippen MR) is 57.3 cm³/mol. The zero-order valence-electron chi connectivity index (χ0n) is 8.93. The number of ether oxygens (including phenoxy) is 2. The number of nitrogens with two attached hydrogens (primary N) is 1. The van der Waals surface area contributed by atoms with Crippen molar-refractivity contribution < 1.29 is 13.9 Å². The van der Waals surface area contributed by atoms with Crippen LogP contribution in [-0.4, -0.2) is 24.4 Å². The van der Waals surface area contributed by atoms with Gasteiger partial charge in [-0.15, -0.1) is 5.10 Å². The number of benzene rings is 1. The zero-order chi connectivity index (χ0) is 11.5. The molecule has 0 radical (unpaired) electrons. The average Bonchev–Trinajstić information content (AvgIpc) is 2.77. The van der Waals surface area contributed by atoms with Gasteiger partial charge in [0.1, 0.15) is 0 Å². The van der Waals surface area contributed by atoms with Crippen LogP contribution in [0.1, 0.15) is 0 Å². The first kappa shape index (κ1) is 10.3. The van der Waals surface area contributed by atoms with Gasteiger partial charge in [-0.2, -0.15) is 0 Å². The number of hydrogen-bond acceptors (Lipinski definition) is 6. The Morgan fingerprint density at radius 2 is 2.00 bits per heavy atom. The fourth-order valence-corrected chi connectivity index (χ4v) is 1.35. The van der Waals surface area contributed by atoms with Gasteiger partial charge in [-0.05, 0) is 12.1 Å². The first-order valence-corrected chi connectivity index (χ1v) is 4.56. The van der Waals surface area contributed by atoms with E-state index in [2.05, 4.69) is 10.2 Å². The summed E-state index contributed by atoms with van der Waals surface area (Å²) >= 11 is 0. The Balaban J connectivity index is 2.50. The third-order valence-corrected chi connectivity index (χ3v) is 2.06. The standard InChI is InChI=1S/C10H11N3O3/c1-14-8-6(4-3-5-7(8)11)9-12-13-10(15-2)16-9/h3-5H,11H2,1-2H3. The van der Waals surface area contributed by atoms with Crippen molar-refractivity contribution in [1.29, 1.82) is 0 Å². The first-order valence-electron chi connectivity index (χ1n) is 4.56. The summed E-state index contributed by atoms with van der Waals surface area (Å²) in [5.74, 6) is 0.815. The molecule has 1 heterocycles. The highest BCUT2D eigenvalue weighted by atomic mass is 16.6. The van der Waals surface area contributed by atoms with Crippen LogP contribution in [0.2, 0.25) is 0 Å². The normalized spacial score (nSPS) is 10.1. The van der Waals surface area contributed by atoms with Gasteiger partial charge in [0.05, 0.1) is 25.5 Å². The van der Waals surface area contributed by atoms with Crippen LogP contribution in [0.15, 0.2) is 22.6 Å². The number of nitrogen functional groups attached to an aromatic ring is 1. The van der Waals surface area contributed by atoms with Crippen molar-refractivity contribution in [2.75, 3.05) is 20.0 Å². The average molecular weight is 221 g/mol. The molecule has 6 heteroatoms. The second kappa shape index (κ2) is 4.09. The van der Waals surface area contributed by atoms with E-state index >= 15 is 0 Å². The molecule has 2 rings (SSSR count). The number of aromatic nitrogens is 2. The van der Waals surface area contributed by atoms with Gasteiger partial charge in [0.25, 0.3) is 5.89 Å². The Kier molecular flexibility index (Phi) is 2.63. The third kappa shape index (κ3) is 1.65. The van der Waals surface area contributed by atoms with E-state index < -0.39 is 0 Å². The fraction of sp³-hybridized carbons (Fsp3) is 0.200. The second-order valence-corrected chi connectivity index (χ2v) is 3.01. The molecule has 0 bridgehead atoms. The summed E-state index contributed by atoms with van der Waals surface area (Å²) < 4.78 is 15.2. The summed E-state index contributed by atoms with van der Waals surface area (Å²) in [7, 11) is 2.98. The Labute approximate surface area is 92.0 Å². The van der Waals surface area contributed by atoms with E-state index in [1.165, 1.54) is 14.2 Å². The molecule has 2 N–H and O–H groups in total. The summed E-state index contributed by atoms with van der Waals surface area (Å²) in [6.07, 6.45) is 0.0967. The molecule has 0 aliphatic heterocycles. The summed E-state index contributed by atoms with van der Waals surface area (Å²) in [6, 6.07) is 5.29. The van der Waals surface area contributed by atoms with Gasteiger partial charge in [0, 0.05) is 0 Å². The van der Waals surface area contributed by atoms with Crippen molar-refractivity contribution in [3.05, 3.63) is 18.2 Å². The largest absolute Gasteiger partial charge is 0.494 e. The molecule has 0 saturated carbocycles. The minimum absolute atomic E-state index is 0.0967. The van der Waals surface area contributed by atoms with E-state index in [0.717, 1.165) is 0 Å². The van der Waals surface area contributed by atoms with Gasteiger partial charge in [-0.1, -0.05) is 11.2 Å². The quantitative estimate of drug-likeness (QED) is 0.787. The van der Waals surface area contributed by atoms with Gasteiger partial charge in [0.15, 0.2) is 5.75 Å². The van der Waals surface area contributed by atoms with Crippen LogP contribution in [0.5, 0.6) is 11.8 Å². The van der Waals surface area contributed by atoms with Crippen LogP contribution in [0.3, 0.4) is 0 Å². The summed E-state index contributed by atoms with van der Waals surface area (Å²) in [5, 5.41) is 7.51. The molecule has 1 aromatic heterocycles. The highest BCUT2D eigenvalue weighted by molar-refractivity contribution is 5.72. The lowest BCUT2D eigenvalue weighted by atomic mass is 10.2. The molecule has 1 aromatic carbocycles. The minimum Gasteiger partial charge on any atom is -0.494 e. The van der Waals surface area contributed by atoms with Crippen LogP contribution < -0.4 is 15.2 Å². The van der Waals surface area contributed by atoms with Crippen molar-refractivity contribution in [2.45, 2.75) is 0 Å². The maximum absolute atomic E-state index is 5.76. The van der Waals surface area contributed by atoms with E-state index in [4.69, 9.17) is 19.6 Å². The number of methoxy groups -OCH3 is 2. The molecule has 2 aromatic rings. The van der Waals surface area contributed by atoms with Crippen LogP contribution in [0.4, 0.5) is 5.69 Å². The number of anilines is 1. The smallest absolute Gasteiger partial charge is 0.414 e. The summed E-state index contributed by atoms with van der Waals surface area (Å²) in [4.78, 5) is 0. The number of para-hydroxylation sites is 1. The molecule has 16 heavy (non-hydrogen) atoms. The Bertz CT molecular complexity index is 496. The van der Waals surface area contributed by atoms with Gasteiger partial charge in [-0.3, -0.25) is 0 Å². The second-order valence-electron chi connectivity index (χ2n) is 3.01. The predicted octanol–water partition coefficient (Wildman–Crippen LogP) is 1.34. The summed E-state index contributed by atoms with van der Waals surface area (Å²) in [5.41, 5.74) is 6.91. The highest BCUT2D eigenvalue weighted by Crippen LogP contribution is 2.34. The molecule has 0 aliphatic carbocycles. The van der Waals surface area contributed by atoms with Crippen LogP contribution in [0, 0.1) is 0 Å². The van der Waals surface area contributed by atoms with E-state index in [9.17, 15) is 0 Å². The maximum Gasteiger partial charge on any atom is 0.414 e. The van der Waals surface area contributed by atoms with Gasteiger partial charge < -0.3 is 19.6 Å². The lowest BCUT2D eigenvalue weighted by Crippen LogP contribution is -1.94. The van der Waals surface area contributed by atoms with E-state index in [0.29, 0.717) is 22.9 Å². The molecular formula is C10H11N3O3. The Morgan fingerprint density at radius 1 is 1.19 bits per heavy atom. The number of rotatable bonds is 3. The number of hydrogen-bond donors (Lipinski definition) is 1. The molecule has 0 fully saturated rings. The van der Waals surface area contributed by atoms with E-state index in [1.807, 2.05) is 0 Å². The van der Waals surface area contributed by atoms with Crippen molar-refractivity contribution in [2.24, 2.45) is 0 Å². The molecule has 0 aliphatic rings. The van der Waals surface area contributed by atoms with E-state index in [1.54, 1.807) is 18.2 Å². The molecule has 0 unspecified atom stereocenters. The molecule has 0 spiro atoms. The van der Waals surface area contributed by atoms with Crippen molar-refractivity contribution >= 4 is 5.69 Å². The molecule has 84 valence electrons. The van der Waals surface area contributed by atoms with Crippen molar-refractivity contribution in [3.8, 4) is 23.3 Å². The topological polar surface area (TPSA) is 83.4 Å². The fourth-order valence-electron chi connectivity index (χ4n) is 1.35. The SMILES string of the molecule is COc1nnc(-c2cccc(N)c2OC)o1. The number of nitrogens with zero attached hydrogens (tertiary/aromatic N) is 2. The highest BCUT2D eigenvalue weighted by Gasteiger charge is 2.15. The first-order chi connectivity index (χ1) is 7.76. The minimum atomic E-state index is 0.0967. The molecule has 0 saturated heterocycles. The van der Waals surface area contributed by atoms with E-state index in [-0.39, 0.29) is 6.08 Å². The lowest BCUT2D eigenvalue weighted by Gasteiger charge is -2.07. The van der Waals surface area contributed by atoms with Gasteiger partial charge in [0.2, 0.25) is 0 Å². The Hall–Kier alpha value is -2.24. The maximum atomic E-state index is 5.76. The van der Waals surface area contributed by atoms with Crippen LogP contribution >= 0.6 is 0 Å². The molecule has 0 atom stereocenters. The third-order valence-electron chi connectivity index (χ3n) is 2.06. The van der Waals surface area contributed by atoms with Crippen molar-refractivity contribution in [3.63, 3.8) is 0 Å². The summed E-state index contributed by atoms with van der Waals surface area (Å²) in [6.45, 7) is 0. The monoisotopic (exact) mass is 221 g/mol. The van der Waals surface area contributed by atoms with Gasteiger partial charge >= 0.3 is 6.08 Å². The Morgan fingerprint density at radius 3 is 2.62 bits per heavy atom. The van der Waals surface area contributed by atoms with Gasteiger partial charge in [-0.25, -0.2) is 0 Å². The molecule has 0 amide bonds. The van der Waals surface area contributed by atoms with Crippen LogP contribution in [-0.2, 0) is 0 Å². The molecular weight excluding hydrogens is 210 g/mol.